The number of amides is 1. The van der Waals surface area contributed by atoms with Crippen LogP contribution in [0, 0.1) is 5.82 Å². The van der Waals surface area contributed by atoms with Gasteiger partial charge in [-0.25, -0.2) is 9.37 Å². The lowest BCUT2D eigenvalue weighted by molar-refractivity contribution is -0.117. The van der Waals surface area contributed by atoms with Gasteiger partial charge in [-0.2, -0.15) is 0 Å². The molecule has 1 N–H and O–H groups in total. The molecule has 5 heteroatoms. The molecule has 1 aromatic heterocycles. The van der Waals surface area contributed by atoms with E-state index in [1.54, 1.807) is 30.5 Å². The lowest BCUT2D eigenvalue weighted by atomic mass is 10.0. The topological polar surface area (TPSA) is 42.0 Å². The minimum Gasteiger partial charge on any atom is -0.346 e. The van der Waals surface area contributed by atoms with Gasteiger partial charge in [0.25, 0.3) is 0 Å². The van der Waals surface area contributed by atoms with E-state index in [1.165, 1.54) is 18.2 Å². The lowest BCUT2D eigenvalue weighted by Crippen LogP contribution is -2.24. The molecular formula is C22H18ClFN2O. The third-order valence-electron chi connectivity index (χ3n) is 4.13. The fraction of sp³-hybridized carbons (Fsp3) is 0.0909. The molecular weight excluding hydrogens is 363 g/mol. The van der Waals surface area contributed by atoms with E-state index < -0.39 is 0 Å². The van der Waals surface area contributed by atoms with Crippen molar-refractivity contribution in [1.82, 2.24) is 10.3 Å². The minimum atomic E-state index is -0.362. The third-order valence-corrected chi connectivity index (χ3v) is 4.35. The zero-order chi connectivity index (χ0) is 19.2. The molecule has 0 aliphatic carbocycles. The molecule has 3 nitrogen and oxygen atoms in total. The number of nitrogens with one attached hydrogen (secondary N) is 1. The van der Waals surface area contributed by atoms with E-state index in [2.05, 4.69) is 10.3 Å². The summed E-state index contributed by atoms with van der Waals surface area (Å²) in [6.07, 6.45) is 4.51. The van der Waals surface area contributed by atoms with Crippen molar-refractivity contribution < 1.29 is 9.18 Å². The molecule has 0 unspecified atom stereocenters. The Bertz CT molecular complexity index is 970. The Kier molecular flexibility index (Phi) is 5.99. The Balaban J connectivity index is 1.70. The third kappa shape index (κ3) is 5.02. The summed E-state index contributed by atoms with van der Waals surface area (Å²) < 4.78 is 13.6. The van der Waals surface area contributed by atoms with Crippen LogP contribution in [0.3, 0.4) is 0 Å². The summed E-state index contributed by atoms with van der Waals surface area (Å²) in [5, 5.41) is 3.33. The molecule has 0 bridgehead atoms. The summed E-state index contributed by atoms with van der Waals surface area (Å²) in [6, 6.07) is 17.6. The van der Waals surface area contributed by atoms with Gasteiger partial charge in [0, 0.05) is 23.4 Å². The molecule has 3 rings (SSSR count). The van der Waals surface area contributed by atoms with Crippen molar-refractivity contribution in [1.29, 1.82) is 0 Å². The standard InChI is InChI=1S/C22H18ClFN2O/c1-15(26-22(27)12-10-16-5-2-3-8-20(16)24)17-6-4-7-18(13-17)19-9-11-21(23)25-14-19/h2-15H,1H3,(H,26,27)/b12-10+/t15-/m1/s1. The molecule has 3 aromatic rings. The molecule has 1 atom stereocenters. The fourth-order valence-electron chi connectivity index (χ4n) is 2.65. The van der Waals surface area contributed by atoms with Gasteiger partial charge >= 0.3 is 0 Å². The molecule has 1 heterocycles. The van der Waals surface area contributed by atoms with Crippen molar-refractivity contribution in [2.75, 3.05) is 0 Å². The van der Waals surface area contributed by atoms with E-state index in [0.29, 0.717) is 10.7 Å². The zero-order valence-corrected chi connectivity index (χ0v) is 15.5. The van der Waals surface area contributed by atoms with Gasteiger partial charge < -0.3 is 5.32 Å². The molecule has 136 valence electrons. The molecule has 0 radical (unpaired) electrons. The molecule has 27 heavy (non-hydrogen) atoms. The Morgan fingerprint density at radius 2 is 1.93 bits per heavy atom. The van der Waals surface area contributed by atoms with E-state index >= 15 is 0 Å². The number of rotatable bonds is 5. The quantitative estimate of drug-likeness (QED) is 0.473. The fourth-order valence-corrected chi connectivity index (χ4v) is 2.77. The van der Waals surface area contributed by atoms with Crippen molar-refractivity contribution in [3.8, 4) is 11.1 Å². The van der Waals surface area contributed by atoms with Crippen LogP contribution >= 0.6 is 11.6 Å². The van der Waals surface area contributed by atoms with E-state index in [4.69, 9.17) is 11.6 Å². The first-order chi connectivity index (χ1) is 13.0. The van der Waals surface area contributed by atoms with Crippen LogP contribution in [0.25, 0.3) is 17.2 Å². The Hall–Kier alpha value is -2.98. The number of hydrogen-bond donors (Lipinski definition) is 1. The average Bonchev–Trinajstić information content (AvgIpc) is 2.68. The highest BCUT2D eigenvalue weighted by Gasteiger charge is 2.09. The van der Waals surface area contributed by atoms with Crippen LogP contribution in [0.1, 0.15) is 24.1 Å². The first-order valence-electron chi connectivity index (χ1n) is 8.48. The first kappa shape index (κ1) is 18.8. The van der Waals surface area contributed by atoms with Gasteiger partial charge in [0.05, 0.1) is 6.04 Å². The van der Waals surface area contributed by atoms with E-state index in [0.717, 1.165) is 16.7 Å². The number of aromatic nitrogens is 1. The Morgan fingerprint density at radius 1 is 1.11 bits per heavy atom. The maximum Gasteiger partial charge on any atom is 0.244 e. The van der Waals surface area contributed by atoms with Gasteiger partial charge in [0.2, 0.25) is 5.91 Å². The van der Waals surface area contributed by atoms with Crippen LogP contribution in [0.5, 0.6) is 0 Å². The van der Waals surface area contributed by atoms with Crippen LogP contribution in [0.2, 0.25) is 5.15 Å². The maximum absolute atomic E-state index is 13.6. The second-order valence-electron chi connectivity index (χ2n) is 6.08. The molecule has 2 aromatic carbocycles. The van der Waals surface area contributed by atoms with Crippen molar-refractivity contribution in [3.05, 3.63) is 95.0 Å². The molecule has 0 saturated heterocycles. The number of pyridine rings is 1. The monoisotopic (exact) mass is 380 g/mol. The van der Waals surface area contributed by atoms with Gasteiger partial charge in [-0.15, -0.1) is 0 Å². The van der Waals surface area contributed by atoms with Crippen LogP contribution < -0.4 is 5.32 Å². The summed E-state index contributed by atoms with van der Waals surface area (Å²) in [4.78, 5) is 16.3. The minimum absolute atomic E-state index is 0.206. The largest absolute Gasteiger partial charge is 0.346 e. The summed E-state index contributed by atoms with van der Waals surface area (Å²) in [7, 11) is 0. The summed E-state index contributed by atoms with van der Waals surface area (Å²) in [5.74, 6) is -0.650. The Morgan fingerprint density at radius 3 is 2.67 bits per heavy atom. The highest BCUT2D eigenvalue weighted by Crippen LogP contribution is 2.23. The normalized spacial score (nSPS) is 12.1. The van der Waals surface area contributed by atoms with Crippen LogP contribution in [0.15, 0.2) is 72.9 Å². The van der Waals surface area contributed by atoms with Gasteiger partial charge in [-0.05, 0) is 48.4 Å². The van der Waals surface area contributed by atoms with Crippen molar-refractivity contribution in [2.45, 2.75) is 13.0 Å². The molecule has 1 amide bonds. The smallest absolute Gasteiger partial charge is 0.244 e. The lowest BCUT2D eigenvalue weighted by Gasteiger charge is -2.14. The molecule has 0 saturated carbocycles. The summed E-state index contributed by atoms with van der Waals surface area (Å²) in [5.41, 5.74) is 3.26. The van der Waals surface area contributed by atoms with Crippen LogP contribution in [0.4, 0.5) is 4.39 Å². The second-order valence-corrected chi connectivity index (χ2v) is 6.47. The van der Waals surface area contributed by atoms with Gasteiger partial charge in [0.15, 0.2) is 0 Å². The SMILES string of the molecule is C[C@@H](NC(=O)/C=C/c1ccccc1F)c1cccc(-c2ccc(Cl)nc2)c1. The van der Waals surface area contributed by atoms with E-state index in [9.17, 15) is 9.18 Å². The zero-order valence-electron chi connectivity index (χ0n) is 14.7. The van der Waals surface area contributed by atoms with Crippen LogP contribution in [-0.4, -0.2) is 10.9 Å². The summed E-state index contributed by atoms with van der Waals surface area (Å²) in [6.45, 7) is 1.90. The average molecular weight is 381 g/mol. The Labute approximate surface area is 162 Å². The number of halogens is 2. The van der Waals surface area contributed by atoms with E-state index in [-0.39, 0.29) is 17.8 Å². The highest BCUT2D eigenvalue weighted by molar-refractivity contribution is 6.29. The number of nitrogens with zero attached hydrogens (tertiary/aromatic N) is 1. The first-order valence-corrected chi connectivity index (χ1v) is 8.86. The number of carbonyl (C=O) groups excluding carboxylic acids is 1. The number of hydrogen-bond acceptors (Lipinski definition) is 2. The number of benzene rings is 2. The summed E-state index contributed by atoms with van der Waals surface area (Å²) >= 11 is 5.83. The van der Waals surface area contributed by atoms with Gasteiger partial charge in [0.1, 0.15) is 11.0 Å². The van der Waals surface area contributed by atoms with E-state index in [1.807, 2.05) is 37.3 Å². The molecule has 0 aliphatic heterocycles. The maximum atomic E-state index is 13.6. The second kappa shape index (κ2) is 8.60. The molecule has 0 spiro atoms. The van der Waals surface area contributed by atoms with Crippen molar-refractivity contribution in [2.24, 2.45) is 0 Å². The molecule has 0 fully saturated rings. The van der Waals surface area contributed by atoms with Crippen LogP contribution in [-0.2, 0) is 4.79 Å². The van der Waals surface area contributed by atoms with Crippen molar-refractivity contribution in [3.63, 3.8) is 0 Å². The highest BCUT2D eigenvalue weighted by atomic mass is 35.5. The van der Waals surface area contributed by atoms with Gasteiger partial charge in [-0.1, -0.05) is 48.0 Å². The van der Waals surface area contributed by atoms with Gasteiger partial charge in [-0.3, -0.25) is 4.79 Å². The van der Waals surface area contributed by atoms with Crippen molar-refractivity contribution >= 4 is 23.6 Å². The predicted molar refractivity (Wildman–Crippen MR) is 107 cm³/mol. The number of carbonyl (C=O) groups is 1. The predicted octanol–water partition coefficient (Wildman–Crippen LogP) is 5.43. The molecule has 0 aliphatic rings.